The van der Waals surface area contributed by atoms with E-state index in [0.717, 1.165) is 18.4 Å². The van der Waals surface area contributed by atoms with Crippen molar-refractivity contribution < 1.29 is 13.7 Å². The topological polar surface area (TPSA) is 37.3 Å². The third kappa shape index (κ3) is 1.82. The zero-order valence-corrected chi connectivity index (χ0v) is 11.2. The van der Waals surface area contributed by atoms with Gasteiger partial charge in [0, 0.05) is 26.9 Å². The van der Waals surface area contributed by atoms with Crippen molar-refractivity contribution in [2.45, 2.75) is 48.7 Å². The second-order valence-corrected chi connectivity index (χ2v) is 7.56. The molecule has 2 heterocycles. The molecule has 1 aromatic rings. The van der Waals surface area contributed by atoms with Crippen molar-refractivity contribution in [3.63, 3.8) is 0 Å². The summed E-state index contributed by atoms with van der Waals surface area (Å²) in [6.45, 7) is 1.83. The van der Waals surface area contributed by atoms with E-state index in [2.05, 4.69) is 0 Å². The van der Waals surface area contributed by atoms with Crippen molar-refractivity contribution in [2.75, 3.05) is 0 Å². The quantitative estimate of drug-likeness (QED) is 0.849. The van der Waals surface area contributed by atoms with Crippen LogP contribution in [-0.4, -0.2) is 19.8 Å². The smallest absolute Gasteiger partial charge is 0.129 e. The van der Waals surface area contributed by atoms with E-state index in [1.54, 1.807) is 6.07 Å². The number of hydrogen-bond donors (Lipinski definition) is 1. The summed E-state index contributed by atoms with van der Waals surface area (Å²) < 4.78 is 26.0. The van der Waals surface area contributed by atoms with Gasteiger partial charge in [0.05, 0.1) is 5.60 Å². The molecule has 1 N–H and O–H groups in total. The van der Waals surface area contributed by atoms with Crippen LogP contribution in [-0.2, 0) is 16.4 Å². The van der Waals surface area contributed by atoms with Crippen LogP contribution < -0.4 is 0 Å². The Balaban J connectivity index is 1.98. The van der Waals surface area contributed by atoms with Gasteiger partial charge in [0.15, 0.2) is 0 Å². The van der Waals surface area contributed by atoms with E-state index in [1.165, 1.54) is 6.07 Å². The molecule has 18 heavy (non-hydrogen) atoms. The van der Waals surface area contributed by atoms with Gasteiger partial charge in [-0.2, -0.15) is 0 Å². The Morgan fingerprint density at radius 3 is 2.50 bits per heavy atom. The van der Waals surface area contributed by atoms with Crippen LogP contribution in [0.4, 0.5) is 4.39 Å². The number of halogens is 1. The number of aryl methyl sites for hydroxylation is 1. The molecule has 2 saturated heterocycles. The van der Waals surface area contributed by atoms with Crippen LogP contribution in [0.1, 0.15) is 36.8 Å². The first-order valence-electron chi connectivity index (χ1n) is 6.38. The molecule has 0 saturated carbocycles. The van der Waals surface area contributed by atoms with Crippen molar-refractivity contribution in [3.05, 3.63) is 35.1 Å². The molecule has 98 valence electrons. The summed E-state index contributed by atoms with van der Waals surface area (Å²) >= 11 is 0. The lowest BCUT2D eigenvalue weighted by molar-refractivity contribution is 0.0151. The first-order chi connectivity index (χ1) is 8.49. The van der Waals surface area contributed by atoms with Crippen molar-refractivity contribution >= 4 is 10.8 Å². The maximum Gasteiger partial charge on any atom is 0.129 e. The molecule has 0 radical (unpaired) electrons. The van der Waals surface area contributed by atoms with Crippen molar-refractivity contribution in [2.24, 2.45) is 0 Å². The maximum absolute atomic E-state index is 14.0. The van der Waals surface area contributed by atoms with Gasteiger partial charge < -0.3 is 5.11 Å². The highest BCUT2D eigenvalue weighted by Gasteiger charge is 2.49. The van der Waals surface area contributed by atoms with Crippen molar-refractivity contribution in [3.8, 4) is 0 Å². The second-order valence-electron chi connectivity index (χ2n) is 5.57. The third-order valence-corrected chi connectivity index (χ3v) is 6.34. The van der Waals surface area contributed by atoms with Gasteiger partial charge in [-0.1, -0.05) is 12.1 Å². The fraction of sp³-hybridized carbons (Fsp3) is 0.571. The molecule has 3 rings (SSSR count). The van der Waals surface area contributed by atoms with E-state index >= 15 is 0 Å². The lowest BCUT2D eigenvalue weighted by Crippen LogP contribution is -2.40. The lowest BCUT2D eigenvalue weighted by Gasteiger charge is -2.36. The van der Waals surface area contributed by atoms with Gasteiger partial charge in [0.1, 0.15) is 5.82 Å². The minimum Gasteiger partial charge on any atom is -0.385 e. The summed E-state index contributed by atoms with van der Waals surface area (Å²) in [5.74, 6) is -0.343. The highest BCUT2D eigenvalue weighted by Crippen LogP contribution is 2.46. The van der Waals surface area contributed by atoms with Crippen LogP contribution >= 0.6 is 0 Å². The van der Waals surface area contributed by atoms with Crippen LogP contribution in [0.25, 0.3) is 0 Å². The monoisotopic (exact) mass is 268 g/mol. The van der Waals surface area contributed by atoms with Gasteiger partial charge in [-0.15, -0.1) is 0 Å². The SMILES string of the molecule is Cc1ccc(C2(O)CC3CCC(C2)S3=O)c(F)c1. The largest absolute Gasteiger partial charge is 0.385 e. The molecule has 1 aromatic carbocycles. The fourth-order valence-corrected chi connectivity index (χ4v) is 5.46. The van der Waals surface area contributed by atoms with Crippen molar-refractivity contribution in [1.29, 1.82) is 0 Å². The normalized spacial score (nSPS) is 38.9. The minimum atomic E-state index is -1.13. The van der Waals surface area contributed by atoms with E-state index in [-0.39, 0.29) is 16.3 Å². The molecule has 0 spiro atoms. The Bertz CT molecular complexity index is 499. The number of fused-ring (bicyclic) bond motifs is 2. The number of benzene rings is 1. The number of rotatable bonds is 1. The van der Waals surface area contributed by atoms with Gasteiger partial charge in [0.25, 0.3) is 0 Å². The summed E-state index contributed by atoms with van der Waals surface area (Å²) in [6, 6.07) is 4.96. The predicted molar refractivity (Wildman–Crippen MR) is 69.2 cm³/mol. The highest BCUT2D eigenvalue weighted by molar-refractivity contribution is 7.86. The Labute approximate surface area is 109 Å². The third-order valence-electron chi connectivity index (χ3n) is 4.22. The van der Waals surface area contributed by atoms with Crippen LogP contribution in [0.15, 0.2) is 18.2 Å². The molecule has 4 heteroatoms. The molecule has 2 atom stereocenters. The molecule has 2 aliphatic rings. The van der Waals surface area contributed by atoms with Crippen LogP contribution in [0.3, 0.4) is 0 Å². The Morgan fingerprint density at radius 1 is 1.33 bits per heavy atom. The molecule has 2 fully saturated rings. The van der Waals surface area contributed by atoms with Crippen molar-refractivity contribution in [1.82, 2.24) is 0 Å². The van der Waals surface area contributed by atoms with Crippen LogP contribution in [0.2, 0.25) is 0 Å². The summed E-state index contributed by atoms with van der Waals surface area (Å²) in [5, 5.41) is 10.8. The first-order valence-corrected chi connectivity index (χ1v) is 7.65. The number of aliphatic hydroxyl groups is 1. The lowest BCUT2D eigenvalue weighted by atomic mass is 9.85. The van der Waals surface area contributed by atoms with Gasteiger partial charge in [0.2, 0.25) is 0 Å². The van der Waals surface area contributed by atoms with Crippen LogP contribution in [0, 0.1) is 12.7 Å². The highest BCUT2D eigenvalue weighted by atomic mass is 32.2. The Morgan fingerprint density at radius 2 is 1.94 bits per heavy atom. The van der Waals surface area contributed by atoms with E-state index in [1.807, 2.05) is 13.0 Å². The van der Waals surface area contributed by atoms with Gasteiger partial charge in [-0.3, -0.25) is 4.21 Å². The van der Waals surface area contributed by atoms with Gasteiger partial charge in [-0.05, 0) is 44.2 Å². The molecule has 2 bridgehead atoms. The molecule has 0 aliphatic carbocycles. The zero-order chi connectivity index (χ0) is 12.9. The molecular weight excluding hydrogens is 251 g/mol. The van der Waals surface area contributed by atoms with Gasteiger partial charge >= 0.3 is 0 Å². The molecule has 0 amide bonds. The summed E-state index contributed by atoms with van der Waals surface area (Å²) in [5.41, 5.74) is 0.0984. The summed E-state index contributed by atoms with van der Waals surface area (Å²) in [7, 11) is -0.832. The summed E-state index contributed by atoms with van der Waals surface area (Å²) in [6.07, 6.45) is 2.65. The van der Waals surface area contributed by atoms with E-state index < -0.39 is 16.4 Å². The fourth-order valence-electron chi connectivity index (χ4n) is 3.30. The average molecular weight is 268 g/mol. The standard InChI is InChI=1S/C14H17FO2S/c1-9-2-5-12(13(15)6-9)14(16)7-10-3-4-11(8-14)18(10)17/h2,5-6,10-11,16H,3-4,7-8H2,1H3. The van der Waals surface area contributed by atoms with E-state index in [9.17, 15) is 13.7 Å². The molecule has 2 nitrogen and oxygen atoms in total. The van der Waals surface area contributed by atoms with Crippen LogP contribution in [0.5, 0.6) is 0 Å². The average Bonchev–Trinajstić information content (AvgIpc) is 2.53. The molecule has 2 unspecified atom stereocenters. The summed E-state index contributed by atoms with van der Waals surface area (Å²) in [4.78, 5) is 0. The Kier molecular flexibility index (Phi) is 2.83. The van der Waals surface area contributed by atoms with E-state index in [0.29, 0.717) is 18.4 Å². The zero-order valence-electron chi connectivity index (χ0n) is 10.4. The second kappa shape index (κ2) is 4.14. The first kappa shape index (κ1) is 12.3. The van der Waals surface area contributed by atoms with Gasteiger partial charge in [-0.25, -0.2) is 4.39 Å². The Hall–Kier alpha value is -0.740. The molecule has 0 aromatic heterocycles. The molecule has 2 aliphatic heterocycles. The number of hydrogen-bond acceptors (Lipinski definition) is 2. The minimum absolute atomic E-state index is 0.0365. The maximum atomic E-state index is 14.0. The predicted octanol–water partition coefficient (Wildman–Crippen LogP) is 2.40. The molecular formula is C14H17FO2S. The van der Waals surface area contributed by atoms with E-state index in [4.69, 9.17) is 0 Å².